The molecule has 110 valence electrons. The maximum atomic E-state index is 11.3. The van der Waals surface area contributed by atoms with Crippen LogP contribution < -0.4 is 5.73 Å². The van der Waals surface area contributed by atoms with Crippen LogP contribution in [0.1, 0.15) is 12.0 Å². The summed E-state index contributed by atoms with van der Waals surface area (Å²) in [5, 5.41) is 9.88. The minimum Gasteiger partial charge on any atom is -0.478 e. The summed E-state index contributed by atoms with van der Waals surface area (Å²) in [6.07, 6.45) is 1.74. The first-order valence-electron chi connectivity index (χ1n) is 6.70. The van der Waals surface area contributed by atoms with Gasteiger partial charge in [-0.05, 0) is 29.8 Å². The Bertz CT molecular complexity index is 825. The summed E-state index contributed by atoms with van der Waals surface area (Å²) < 4.78 is 0. The molecular weight excluding hydrogens is 300 g/mol. The number of carboxylic acid groups (broad SMARTS) is 1. The van der Waals surface area contributed by atoms with Crippen molar-refractivity contribution in [2.75, 3.05) is 0 Å². The molecule has 0 bridgehead atoms. The SMILES string of the molecule is NC1=Nc2ccc(-c3ccccc3Cl)cc2C=C(C(=O)O)C1. The number of benzene rings is 2. The van der Waals surface area contributed by atoms with Gasteiger partial charge in [0.15, 0.2) is 0 Å². The first-order valence-corrected chi connectivity index (χ1v) is 7.08. The van der Waals surface area contributed by atoms with Gasteiger partial charge < -0.3 is 10.8 Å². The molecule has 0 fully saturated rings. The number of hydrogen-bond donors (Lipinski definition) is 2. The molecule has 0 atom stereocenters. The topological polar surface area (TPSA) is 75.7 Å². The molecule has 0 saturated carbocycles. The molecule has 0 aliphatic carbocycles. The van der Waals surface area contributed by atoms with Crippen LogP contribution >= 0.6 is 11.6 Å². The largest absolute Gasteiger partial charge is 0.478 e. The third-order valence-electron chi connectivity index (χ3n) is 3.45. The van der Waals surface area contributed by atoms with Crippen LogP contribution in [0.2, 0.25) is 5.02 Å². The number of amidine groups is 1. The van der Waals surface area contributed by atoms with Gasteiger partial charge in [-0.3, -0.25) is 0 Å². The molecule has 3 N–H and O–H groups in total. The molecule has 0 amide bonds. The second-order valence-electron chi connectivity index (χ2n) is 5.01. The van der Waals surface area contributed by atoms with Crippen LogP contribution in [0.25, 0.3) is 17.2 Å². The van der Waals surface area contributed by atoms with Gasteiger partial charge in [-0.15, -0.1) is 0 Å². The van der Waals surface area contributed by atoms with Crippen LogP contribution in [0.3, 0.4) is 0 Å². The maximum absolute atomic E-state index is 11.3. The van der Waals surface area contributed by atoms with E-state index in [1.165, 1.54) is 0 Å². The van der Waals surface area contributed by atoms with E-state index < -0.39 is 5.97 Å². The molecule has 1 aliphatic heterocycles. The van der Waals surface area contributed by atoms with Gasteiger partial charge in [0.25, 0.3) is 0 Å². The van der Waals surface area contributed by atoms with E-state index in [-0.39, 0.29) is 17.8 Å². The van der Waals surface area contributed by atoms with Gasteiger partial charge in [0.1, 0.15) is 5.84 Å². The Morgan fingerprint density at radius 2 is 2.00 bits per heavy atom. The zero-order valence-electron chi connectivity index (χ0n) is 11.6. The predicted octanol–water partition coefficient (Wildman–Crippen LogP) is 3.87. The number of aliphatic carboxylic acids is 1. The number of nitrogens with two attached hydrogens (primary N) is 1. The highest BCUT2D eigenvalue weighted by atomic mass is 35.5. The summed E-state index contributed by atoms with van der Waals surface area (Å²) in [6.45, 7) is 0. The lowest BCUT2D eigenvalue weighted by atomic mass is 10.0. The van der Waals surface area contributed by atoms with Crippen molar-refractivity contribution in [3.63, 3.8) is 0 Å². The molecule has 1 aliphatic rings. The second-order valence-corrected chi connectivity index (χ2v) is 5.42. The summed E-state index contributed by atoms with van der Waals surface area (Å²) in [5.41, 5.74) is 9.16. The molecule has 0 spiro atoms. The van der Waals surface area contributed by atoms with Crippen molar-refractivity contribution in [1.29, 1.82) is 0 Å². The van der Waals surface area contributed by atoms with Crippen LogP contribution in [0.15, 0.2) is 53.0 Å². The van der Waals surface area contributed by atoms with E-state index in [4.69, 9.17) is 17.3 Å². The van der Waals surface area contributed by atoms with Gasteiger partial charge >= 0.3 is 5.97 Å². The van der Waals surface area contributed by atoms with E-state index in [0.29, 0.717) is 10.7 Å². The molecule has 2 aromatic carbocycles. The fraction of sp³-hybridized carbons (Fsp3) is 0.0588. The Balaban J connectivity index is 2.16. The number of halogens is 1. The molecule has 1 heterocycles. The number of rotatable bonds is 2. The summed E-state index contributed by atoms with van der Waals surface area (Å²) in [6, 6.07) is 13.1. The van der Waals surface area contributed by atoms with Gasteiger partial charge in [-0.1, -0.05) is 35.9 Å². The van der Waals surface area contributed by atoms with E-state index in [1.54, 1.807) is 6.08 Å². The standard InChI is InChI=1S/C17H13ClN2O2/c18-14-4-2-1-3-13(14)10-5-6-15-11(7-10)8-12(17(21)22)9-16(19)20-15/h1-8H,9H2,(H2,19,20)(H,21,22). The Kier molecular flexibility index (Phi) is 3.69. The van der Waals surface area contributed by atoms with Crippen LogP contribution in [0, 0.1) is 0 Å². The number of carboxylic acids is 1. The van der Waals surface area contributed by atoms with Gasteiger partial charge in [-0.25, -0.2) is 9.79 Å². The van der Waals surface area contributed by atoms with Crippen molar-refractivity contribution >= 4 is 35.2 Å². The van der Waals surface area contributed by atoms with Crippen molar-refractivity contribution in [1.82, 2.24) is 0 Å². The summed E-state index contributed by atoms with van der Waals surface area (Å²) in [4.78, 5) is 15.5. The van der Waals surface area contributed by atoms with Crippen LogP contribution in [0.5, 0.6) is 0 Å². The molecule has 22 heavy (non-hydrogen) atoms. The van der Waals surface area contributed by atoms with Crippen LogP contribution in [-0.2, 0) is 4.79 Å². The van der Waals surface area contributed by atoms with Crippen molar-refractivity contribution in [2.45, 2.75) is 6.42 Å². The highest BCUT2D eigenvalue weighted by Crippen LogP contribution is 2.33. The third-order valence-corrected chi connectivity index (χ3v) is 3.78. The first-order chi connectivity index (χ1) is 10.5. The number of hydrogen-bond acceptors (Lipinski definition) is 3. The quantitative estimate of drug-likeness (QED) is 0.884. The number of aliphatic imine (C=N–C) groups is 1. The predicted molar refractivity (Wildman–Crippen MR) is 88.4 cm³/mol. The Morgan fingerprint density at radius 3 is 2.73 bits per heavy atom. The fourth-order valence-corrected chi connectivity index (χ4v) is 2.65. The first kappa shape index (κ1) is 14.4. The average Bonchev–Trinajstić information content (AvgIpc) is 2.65. The lowest BCUT2D eigenvalue weighted by Gasteiger charge is -2.07. The average molecular weight is 313 g/mol. The molecule has 5 heteroatoms. The van der Waals surface area contributed by atoms with Gasteiger partial charge in [-0.2, -0.15) is 0 Å². The minimum absolute atomic E-state index is 0.130. The fourth-order valence-electron chi connectivity index (χ4n) is 2.40. The maximum Gasteiger partial charge on any atom is 0.332 e. The van der Waals surface area contributed by atoms with Crippen LogP contribution in [-0.4, -0.2) is 16.9 Å². The summed E-state index contributed by atoms with van der Waals surface area (Å²) in [5.74, 6) is -0.702. The Hall–Kier alpha value is -2.59. The van der Waals surface area contributed by atoms with Crippen molar-refractivity contribution in [3.05, 3.63) is 58.6 Å². The zero-order valence-corrected chi connectivity index (χ0v) is 12.3. The van der Waals surface area contributed by atoms with Crippen LogP contribution in [0.4, 0.5) is 5.69 Å². The van der Waals surface area contributed by atoms with Crippen molar-refractivity contribution in [2.24, 2.45) is 10.7 Å². The second kappa shape index (κ2) is 5.66. The van der Waals surface area contributed by atoms with Gasteiger partial charge in [0, 0.05) is 28.1 Å². The number of fused-ring (bicyclic) bond motifs is 1. The molecule has 2 aromatic rings. The lowest BCUT2D eigenvalue weighted by Crippen LogP contribution is -2.14. The molecule has 0 radical (unpaired) electrons. The monoisotopic (exact) mass is 312 g/mol. The van der Waals surface area contributed by atoms with E-state index in [1.807, 2.05) is 42.5 Å². The Morgan fingerprint density at radius 1 is 1.23 bits per heavy atom. The number of nitrogens with zero attached hydrogens (tertiary/aromatic N) is 1. The van der Waals surface area contributed by atoms with Gasteiger partial charge in [0.05, 0.1) is 5.69 Å². The number of carbonyl (C=O) groups is 1. The molecule has 0 unspecified atom stereocenters. The molecular formula is C17H13ClN2O2. The molecule has 3 rings (SSSR count). The highest BCUT2D eigenvalue weighted by molar-refractivity contribution is 6.33. The van der Waals surface area contributed by atoms with E-state index in [2.05, 4.69) is 4.99 Å². The van der Waals surface area contributed by atoms with Crippen molar-refractivity contribution in [3.8, 4) is 11.1 Å². The van der Waals surface area contributed by atoms with E-state index in [0.717, 1.165) is 16.7 Å². The van der Waals surface area contributed by atoms with E-state index in [9.17, 15) is 9.90 Å². The molecule has 4 nitrogen and oxygen atoms in total. The Labute approximate surface area is 132 Å². The molecule has 0 aromatic heterocycles. The third kappa shape index (κ3) is 2.73. The minimum atomic E-state index is -0.992. The molecule has 0 saturated heterocycles. The summed E-state index contributed by atoms with van der Waals surface area (Å²) in [7, 11) is 0. The summed E-state index contributed by atoms with van der Waals surface area (Å²) >= 11 is 6.22. The van der Waals surface area contributed by atoms with Crippen molar-refractivity contribution < 1.29 is 9.90 Å². The smallest absolute Gasteiger partial charge is 0.332 e. The highest BCUT2D eigenvalue weighted by Gasteiger charge is 2.16. The van der Waals surface area contributed by atoms with Gasteiger partial charge in [0.2, 0.25) is 0 Å². The zero-order chi connectivity index (χ0) is 15.7. The normalized spacial score (nSPS) is 13.7. The van der Waals surface area contributed by atoms with E-state index >= 15 is 0 Å². The lowest BCUT2D eigenvalue weighted by molar-refractivity contribution is -0.132.